The number of fused-ring (bicyclic) bond motifs is 5. The molecule has 3 saturated carbocycles. The first-order chi connectivity index (χ1) is 10.8. The predicted octanol–water partition coefficient (Wildman–Crippen LogP) is 4.85. The Hall–Kier alpha value is -0.400. The molecule has 0 bridgehead atoms. The van der Waals surface area contributed by atoms with Gasteiger partial charge in [0.1, 0.15) is 0 Å². The van der Waals surface area contributed by atoms with Crippen LogP contribution in [0.2, 0.25) is 0 Å². The van der Waals surface area contributed by atoms with E-state index < -0.39 is 19.4 Å². The third-order valence-electron chi connectivity index (χ3n) is 8.18. The first kappa shape index (κ1) is 16.1. The van der Waals surface area contributed by atoms with Gasteiger partial charge in [-0.05, 0) is 73.5 Å². The van der Waals surface area contributed by atoms with Crippen LogP contribution in [0, 0.1) is 28.6 Å². The molecule has 0 aliphatic heterocycles. The van der Waals surface area contributed by atoms with Crippen LogP contribution in [0.4, 0.5) is 0 Å². The highest BCUT2D eigenvalue weighted by molar-refractivity contribution is 7.31. The molecule has 4 rings (SSSR count). The molecule has 0 aromatic rings. The summed E-state index contributed by atoms with van der Waals surface area (Å²) in [5.74, 6) is 2.22. The monoisotopic (exact) mass is 336 g/mol. The summed E-state index contributed by atoms with van der Waals surface area (Å²) in [5.41, 5.74) is 1.32. The number of aliphatic hydroxyl groups is 1. The van der Waals surface area contributed by atoms with Gasteiger partial charge in [-0.15, -0.1) is 0 Å². The highest BCUT2D eigenvalue weighted by Crippen LogP contribution is 2.65. The molecule has 0 saturated heterocycles. The summed E-state index contributed by atoms with van der Waals surface area (Å²) in [7, 11) is -2.54. The van der Waals surface area contributed by atoms with Crippen LogP contribution in [0.5, 0.6) is 0 Å². The van der Waals surface area contributed by atoms with E-state index in [1.807, 2.05) is 0 Å². The zero-order valence-corrected chi connectivity index (χ0v) is 15.2. The molecule has 0 radical (unpaired) electrons. The van der Waals surface area contributed by atoms with Gasteiger partial charge in [-0.25, -0.2) is 9.13 Å². The van der Waals surface area contributed by atoms with E-state index in [2.05, 4.69) is 19.9 Å². The van der Waals surface area contributed by atoms with Crippen LogP contribution in [0.1, 0.15) is 65.2 Å². The maximum atomic E-state index is 11.5. The molecule has 0 heterocycles. The van der Waals surface area contributed by atoms with E-state index >= 15 is 0 Å². The van der Waals surface area contributed by atoms with Crippen molar-refractivity contribution in [2.24, 2.45) is 28.6 Å². The Morgan fingerprint density at radius 1 is 1.17 bits per heavy atom. The van der Waals surface area contributed by atoms with Crippen LogP contribution in [0.15, 0.2) is 11.6 Å². The van der Waals surface area contributed by atoms with Crippen molar-refractivity contribution in [1.29, 1.82) is 0 Å². The molecule has 4 heteroatoms. The molecule has 0 spiro atoms. The minimum Gasteiger partial charge on any atom is -0.392 e. The van der Waals surface area contributed by atoms with Crippen LogP contribution in [-0.2, 0) is 9.13 Å². The second-order valence-electron chi connectivity index (χ2n) is 9.17. The Morgan fingerprint density at radius 3 is 2.70 bits per heavy atom. The molecular formula is C19H29O3P. The lowest BCUT2D eigenvalue weighted by Gasteiger charge is -2.57. The van der Waals surface area contributed by atoms with E-state index in [-0.39, 0.29) is 5.41 Å². The second-order valence-corrected chi connectivity index (χ2v) is 10.4. The van der Waals surface area contributed by atoms with Crippen molar-refractivity contribution in [2.45, 2.75) is 77.0 Å². The molecule has 0 amide bonds. The van der Waals surface area contributed by atoms with E-state index in [1.165, 1.54) is 37.7 Å². The van der Waals surface area contributed by atoms with Crippen molar-refractivity contribution in [3.8, 4) is 0 Å². The standard InChI is InChI=1S/C19H29O3P/c1-18-8-3-4-14(18)13-6-5-12-10-17(23(21)22)16(20)11-19(12,2)15(13)7-9-18/h5,13-17,20H,3-4,6-11H2,1-2H3/t13-,14-,15+,16?,17?,18-,19-/m0/s1. The predicted molar refractivity (Wildman–Crippen MR) is 89.8 cm³/mol. The molecule has 0 aromatic carbocycles. The Bertz CT molecular complexity index is 602. The molecule has 3 nitrogen and oxygen atoms in total. The SMILES string of the molecule is C[C@@]12CCC[C@H]1[C@@H]1CC=C3CC(P(=O)=O)C(O)C[C@]3(C)[C@@H]1CC2. The van der Waals surface area contributed by atoms with Gasteiger partial charge in [0.25, 0.3) is 0 Å². The zero-order valence-electron chi connectivity index (χ0n) is 14.3. The largest absolute Gasteiger partial charge is 0.392 e. The lowest BCUT2D eigenvalue weighted by Crippen LogP contribution is -2.51. The van der Waals surface area contributed by atoms with Gasteiger partial charge in [0.2, 0.25) is 0 Å². The van der Waals surface area contributed by atoms with E-state index in [4.69, 9.17) is 0 Å². The third kappa shape index (κ3) is 2.26. The topological polar surface area (TPSA) is 54.4 Å². The van der Waals surface area contributed by atoms with E-state index in [9.17, 15) is 14.2 Å². The van der Waals surface area contributed by atoms with Crippen molar-refractivity contribution < 1.29 is 14.2 Å². The third-order valence-corrected chi connectivity index (χ3v) is 9.25. The van der Waals surface area contributed by atoms with Crippen LogP contribution in [0.3, 0.4) is 0 Å². The Kier molecular flexibility index (Phi) is 3.71. The molecule has 4 aliphatic carbocycles. The van der Waals surface area contributed by atoms with Gasteiger partial charge in [-0.1, -0.05) is 31.9 Å². The normalized spacial score (nSPS) is 52.1. The minimum atomic E-state index is -2.54. The lowest BCUT2D eigenvalue weighted by molar-refractivity contribution is -0.0442. The first-order valence-electron chi connectivity index (χ1n) is 9.36. The van der Waals surface area contributed by atoms with Gasteiger partial charge >= 0.3 is 7.68 Å². The Balaban J connectivity index is 1.68. The molecule has 128 valence electrons. The van der Waals surface area contributed by atoms with E-state index in [0.29, 0.717) is 24.2 Å². The number of rotatable bonds is 1. The summed E-state index contributed by atoms with van der Waals surface area (Å²) < 4.78 is 22.9. The molecule has 0 aromatic heterocycles. The van der Waals surface area contributed by atoms with Gasteiger partial charge in [0.05, 0.1) is 11.8 Å². The van der Waals surface area contributed by atoms with Crippen molar-refractivity contribution in [3.05, 3.63) is 11.6 Å². The summed E-state index contributed by atoms with van der Waals surface area (Å²) in [5, 5.41) is 10.5. The fraction of sp³-hybridized carbons (Fsp3) is 0.895. The Morgan fingerprint density at radius 2 is 1.96 bits per heavy atom. The van der Waals surface area contributed by atoms with Crippen molar-refractivity contribution >= 4 is 7.68 Å². The molecule has 1 N–H and O–H groups in total. The van der Waals surface area contributed by atoms with Crippen LogP contribution >= 0.6 is 7.68 Å². The number of hydrogen-bond donors (Lipinski definition) is 1. The maximum Gasteiger partial charge on any atom is 0.321 e. The van der Waals surface area contributed by atoms with Gasteiger partial charge in [-0.2, -0.15) is 0 Å². The van der Waals surface area contributed by atoms with Gasteiger partial charge in [0, 0.05) is 0 Å². The molecular weight excluding hydrogens is 307 g/mol. The smallest absolute Gasteiger partial charge is 0.321 e. The van der Waals surface area contributed by atoms with Crippen LogP contribution in [-0.4, -0.2) is 16.9 Å². The minimum absolute atomic E-state index is 0.0219. The van der Waals surface area contributed by atoms with Crippen LogP contribution < -0.4 is 0 Å². The average molecular weight is 336 g/mol. The first-order valence-corrected chi connectivity index (χ1v) is 10.6. The van der Waals surface area contributed by atoms with Crippen molar-refractivity contribution in [3.63, 3.8) is 0 Å². The lowest BCUT2D eigenvalue weighted by atomic mass is 9.48. The quantitative estimate of drug-likeness (QED) is 0.550. The Labute approximate surface area is 139 Å². The molecule has 7 atom stereocenters. The maximum absolute atomic E-state index is 11.5. The summed E-state index contributed by atoms with van der Waals surface area (Å²) in [6, 6.07) is 0. The summed E-state index contributed by atoms with van der Waals surface area (Å²) in [4.78, 5) is 0. The van der Waals surface area contributed by atoms with E-state index in [1.54, 1.807) is 0 Å². The van der Waals surface area contributed by atoms with Crippen molar-refractivity contribution in [2.75, 3.05) is 0 Å². The molecule has 4 aliphatic rings. The summed E-state index contributed by atoms with van der Waals surface area (Å²) >= 11 is 0. The number of allylic oxidation sites excluding steroid dienone is 2. The summed E-state index contributed by atoms with van der Waals surface area (Å²) in [6.07, 6.45) is 10.7. The zero-order chi connectivity index (χ0) is 16.4. The average Bonchev–Trinajstić information content (AvgIpc) is 2.87. The second kappa shape index (κ2) is 5.30. The van der Waals surface area contributed by atoms with Crippen LogP contribution in [0.25, 0.3) is 0 Å². The molecule has 23 heavy (non-hydrogen) atoms. The molecule has 2 unspecified atom stereocenters. The van der Waals surface area contributed by atoms with Gasteiger partial charge in [0.15, 0.2) is 0 Å². The highest BCUT2D eigenvalue weighted by Gasteiger charge is 2.57. The van der Waals surface area contributed by atoms with Gasteiger partial charge in [-0.3, -0.25) is 0 Å². The number of hydrogen-bond acceptors (Lipinski definition) is 3. The van der Waals surface area contributed by atoms with Gasteiger partial charge < -0.3 is 5.11 Å². The molecule has 3 fully saturated rings. The number of aliphatic hydroxyl groups excluding tert-OH is 1. The fourth-order valence-corrected chi connectivity index (χ4v) is 7.63. The summed E-state index contributed by atoms with van der Waals surface area (Å²) in [6.45, 7) is 4.81. The van der Waals surface area contributed by atoms with E-state index in [0.717, 1.165) is 18.3 Å². The highest BCUT2D eigenvalue weighted by atomic mass is 31.1. The van der Waals surface area contributed by atoms with Crippen molar-refractivity contribution in [1.82, 2.24) is 0 Å². The fourth-order valence-electron chi connectivity index (χ4n) is 6.90.